The van der Waals surface area contributed by atoms with Gasteiger partial charge in [-0.15, -0.1) is 0 Å². The average Bonchev–Trinajstić information content (AvgIpc) is 2.36. The summed E-state index contributed by atoms with van der Waals surface area (Å²) in [5, 5.41) is 2.77. The number of aryl methyl sites for hydroxylation is 1. The van der Waals surface area contributed by atoms with E-state index in [9.17, 15) is 9.18 Å². The SMILES string of the molecule is Cc1ccccc1NC(=O)c1cc(N)c(F)cc1Br. The van der Waals surface area contributed by atoms with E-state index in [1.165, 1.54) is 12.1 Å². The van der Waals surface area contributed by atoms with Gasteiger partial charge < -0.3 is 11.1 Å². The van der Waals surface area contributed by atoms with Gasteiger partial charge in [0.05, 0.1) is 11.3 Å². The number of hydrogen-bond donors (Lipinski definition) is 2. The summed E-state index contributed by atoms with van der Waals surface area (Å²) in [4.78, 5) is 12.1. The zero-order valence-corrected chi connectivity index (χ0v) is 11.8. The monoisotopic (exact) mass is 322 g/mol. The van der Waals surface area contributed by atoms with Crippen molar-refractivity contribution in [2.75, 3.05) is 11.1 Å². The van der Waals surface area contributed by atoms with Gasteiger partial charge in [-0.2, -0.15) is 0 Å². The Morgan fingerprint density at radius 3 is 2.68 bits per heavy atom. The number of anilines is 2. The molecule has 0 heterocycles. The molecule has 0 saturated heterocycles. The van der Waals surface area contributed by atoms with E-state index in [0.717, 1.165) is 5.56 Å². The third-order valence-electron chi connectivity index (χ3n) is 2.72. The second-order valence-electron chi connectivity index (χ2n) is 4.12. The highest BCUT2D eigenvalue weighted by Gasteiger charge is 2.14. The minimum atomic E-state index is -0.556. The van der Waals surface area contributed by atoms with Crippen LogP contribution in [-0.2, 0) is 0 Å². The summed E-state index contributed by atoms with van der Waals surface area (Å²) in [5.41, 5.74) is 7.37. The molecule has 0 aliphatic rings. The molecule has 0 aliphatic carbocycles. The fourth-order valence-corrected chi connectivity index (χ4v) is 2.14. The van der Waals surface area contributed by atoms with E-state index in [0.29, 0.717) is 15.7 Å². The lowest BCUT2D eigenvalue weighted by molar-refractivity contribution is 0.102. The largest absolute Gasteiger partial charge is 0.396 e. The van der Waals surface area contributed by atoms with Crippen LogP contribution in [0.3, 0.4) is 0 Å². The van der Waals surface area contributed by atoms with Crippen LogP contribution >= 0.6 is 15.9 Å². The van der Waals surface area contributed by atoms with Crippen LogP contribution in [0.2, 0.25) is 0 Å². The van der Waals surface area contributed by atoms with Crippen LogP contribution in [0, 0.1) is 12.7 Å². The number of para-hydroxylation sites is 1. The van der Waals surface area contributed by atoms with Gasteiger partial charge in [0, 0.05) is 10.2 Å². The highest BCUT2D eigenvalue weighted by atomic mass is 79.9. The molecular formula is C14H12BrFN2O. The Bertz CT molecular complexity index is 643. The number of halogens is 2. The van der Waals surface area contributed by atoms with E-state index in [-0.39, 0.29) is 11.6 Å². The Kier molecular flexibility index (Phi) is 3.85. The van der Waals surface area contributed by atoms with E-state index >= 15 is 0 Å². The van der Waals surface area contributed by atoms with Gasteiger partial charge in [0.1, 0.15) is 5.82 Å². The molecule has 0 unspecified atom stereocenters. The Morgan fingerprint density at radius 1 is 1.32 bits per heavy atom. The molecule has 2 aromatic carbocycles. The lowest BCUT2D eigenvalue weighted by Crippen LogP contribution is -2.14. The van der Waals surface area contributed by atoms with Gasteiger partial charge in [-0.25, -0.2) is 4.39 Å². The maximum atomic E-state index is 13.2. The number of hydrogen-bond acceptors (Lipinski definition) is 2. The third-order valence-corrected chi connectivity index (χ3v) is 3.38. The van der Waals surface area contributed by atoms with Gasteiger partial charge in [-0.3, -0.25) is 4.79 Å². The summed E-state index contributed by atoms with van der Waals surface area (Å²) in [5.74, 6) is -0.896. The van der Waals surface area contributed by atoms with Gasteiger partial charge in [0.15, 0.2) is 0 Å². The van der Waals surface area contributed by atoms with Crippen LogP contribution in [-0.4, -0.2) is 5.91 Å². The Hall–Kier alpha value is -1.88. The molecule has 0 saturated carbocycles. The summed E-state index contributed by atoms with van der Waals surface area (Å²) in [6.07, 6.45) is 0. The molecule has 5 heteroatoms. The molecule has 1 amide bonds. The first-order valence-corrected chi connectivity index (χ1v) is 6.40. The minimum Gasteiger partial charge on any atom is -0.396 e. The summed E-state index contributed by atoms with van der Waals surface area (Å²) >= 11 is 3.16. The third kappa shape index (κ3) is 2.93. The number of rotatable bonds is 2. The van der Waals surface area contributed by atoms with Crippen LogP contribution in [0.25, 0.3) is 0 Å². The molecular weight excluding hydrogens is 311 g/mol. The van der Waals surface area contributed by atoms with Crippen LogP contribution in [0.5, 0.6) is 0 Å². The van der Waals surface area contributed by atoms with Crippen molar-refractivity contribution in [1.29, 1.82) is 0 Å². The maximum absolute atomic E-state index is 13.2. The molecule has 2 aromatic rings. The molecule has 0 bridgehead atoms. The number of nitrogens with two attached hydrogens (primary N) is 1. The predicted octanol–water partition coefficient (Wildman–Crippen LogP) is 3.73. The molecule has 98 valence electrons. The van der Waals surface area contributed by atoms with Crippen molar-refractivity contribution in [1.82, 2.24) is 0 Å². The fraction of sp³-hybridized carbons (Fsp3) is 0.0714. The van der Waals surface area contributed by atoms with Crippen molar-refractivity contribution >= 4 is 33.2 Å². The fourth-order valence-electron chi connectivity index (χ4n) is 1.64. The zero-order chi connectivity index (χ0) is 14.0. The van der Waals surface area contributed by atoms with Gasteiger partial charge in [-0.1, -0.05) is 18.2 Å². The van der Waals surface area contributed by atoms with Crippen molar-refractivity contribution in [3.8, 4) is 0 Å². The summed E-state index contributed by atoms with van der Waals surface area (Å²) in [7, 11) is 0. The van der Waals surface area contributed by atoms with Gasteiger partial charge in [0.25, 0.3) is 5.91 Å². The highest BCUT2D eigenvalue weighted by molar-refractivity contribution is 9.10. The van der Waals surface area contributed by atoms with E-state index in [2.05, 4.69) is 21.2 Å². The molecule has 19 heavy (non-hydrogen) atoms. The summed E-state index contributed by atoms with van der Waals surface area (Å²) < 4.78 is 13.6. The second kappa shape index (κ2) is 5.40. The van der Waals surface area contributed by atoms with Gasteiger partial charge in [0.2, 0.25) is 0 Å². The lowest BCUT2D eigenvalue weighted by atomic mass is 10.1. The molecule has 0 atom stereocenters. The Morgan fingerprint density at radius 2 is 2.00 bits per heavy atom. The van der Waals surface area contributed by atoms with Crippen molar-refractivity contribution in [3.63, 3.8) is 0 Å². The van der Waals surface area contributed by atoms with E-state index < -0.39 is 5.82 Å². The molecule has 3 nitrogen and oxygen atoms in total. The van der Waals surface area contributed by atoms with Crippen molar-refractivity contribution in [2.24, 2.45) is 0 Å². The number of nitrogen functional groups attached to an aromatic ring is 1. The molecule has 0 aliphatic heterocycles. The summed E-state index contributed by atoms with van der Waals surface area (Å²) in [6.45, 7) is 1.89. The highest BCUT2D eigenvalue weighted by Crippen LogP contribution is 2.24. The molecule has 3 N–H and O–H groups in total. The van der Waals surface area contributed by atoms with Crippen molar-refractivity contribution in [3.05, 3.63) is 57.8 Å². The first kappa shape index (κ1) is 13.5. The van der Waals surface area contributed by atoms with E-state index in [1.54, 1.807) is 6.07 Å². The second-order valence-corrected chi connectivity index (χ2v) is 4.98. The van der Waals surface area contributed by atoms with Gasteiger partial charge >= 0.3 is 0 Å². The quantitative estimate of drug-likeness (QED) is 0.828. The lowest BCUT2D eigenvalue weighted by Gasteiger charge is -2.10. The number of carbonyl (C=O) groups excluding carboxylic acids is 1. The standard InChI is InChI=1S/C14H12BrFN2O/c1-8-4-2-3-5-13(8)18-14(19)9-6-12(17)11(16)7-10(9)15/h2-7H,17H2,1H3,(H,18,19). The predicted molar refractivity (Wildman–Crippen MR) is 77.6 cm³/mol. The molecule has 2 rings (SSSR count). The molecule has 0 aromatic heterocycles. The number of benzene rings is 2. The van der Waals surface area contributed by atoms with Crippen LogP contribution < -0.4 is 11.1 Å². The topological polar surface area (TPSA) is 55.1 Å². The first-order valence-electron chi connectivity index (χ1n) is 5.60. The molecule has 0 radical (unpaired) electrons. The van der Waals surface area contributed by atoms with Crippen LogP contribution in [0.4, 0.5) is 15.8 Å². The first-order chi connectivity index (χ1) is 8.99. The number of nitrogens with one attached hydrogen (secondary N) is 1. The Labute approximate surface area is 118 Å². The Balaban J connectivity index is 2.31. The van der Waals surface area contributed by atoms with Gasteiger partial charge in [-0.05, 0) is 46.6 Å². The molecule has 0 fully saturated rings. The van der Waals surface area contributed by atoms with Crippen molar-refractivity contribution in [2.45, 2.75) is 6.92 Å². The maximum Gasteiger partial charge on any atom is 0.256 e. The average molecular weight is 323 g/mol. The minimum absolute atomic E-state index is 0.0573. The number of amides is 1. The van der Waals surface area contributed by atoms with Crippen LogP contribution in [0.15, 0.2) is 40.9 Å². The number of carbonyl (C=O) groups is 1. The van der Waals surface area contributed by atoms with E-state index in [1.807, 2.05) is 25.1 Å². The van der Waals surface area contributed by atoms with E-state index in [4.69, 9.17) is 5.73 Å². The summed E-state index contributed by atoms with van der Waals surface area (Å²) in [6, 6.07) is 9.90. The molecule has 0 spiro atoms. The van der Waals surface area contributed by atoms with Crippen molar-refractivity contribution < 1.29 is 9.18 Å². The zero-order valence-electron chi connectivity index (χ0n) is 10.2. The normalized spacial score (nSPS) is 10.3. The van der Waals surface area contributed by atoms with Crippen LogP contribution in [0.1, 0.15) is 15.9 Å². The smallest absolute Gasteiger partial charge is 0.256 e.